The van der Waals surface area contributed by atoms with Gasteiger partial charge in [-0.15, -0.1) is 11.8 Å². The number of benzene rings is 1. The number of nitrogens with zero attached hydrogens (tertiary/aromatic N) is 1. The van der Waals surface area contributed by atoms with Crippen molar-refractivity contribution in [1.82, 2.24) is 4.90 Å². The van der Waals surface area contributed by atoms with Crippen LogP contribution in [0.4, 0.5) is 0 Å². The minimum absolute atomic E-state index is 0.0965. The number of thioether (sulfide) groups is 1. The molecule has 0 bridgehead atoms. The molecule has 1 heterocycles. The number of carbonyl (C=O) groups is 1. The summed E-state index contributed by atoms with van der Waals surface area (Å²) >= 11 is 1.73. The predicted molar refractivity (Wildman–Crippen MR) is 87.4 cm³/mol. The SMILES string of the molecule is CSc1ccc(CN(C)C(=O)C2CC(C)OC(C)C2)cc1. The molecular formula is C17H25NO2S. The summed E-state index contributed by atoms with van der Waals surface area (Å²) in [6.45, 7) is 4.78. The van der Waals surface area contributed by atoms with Crippen LogP contribution in [0.3, 0.4) is 0 Å². The number of carbonyl (C=O) groups excluding carboxylic acids is 1. The highest BCUT2D eigenvalue weighted by atomic mass is 32.2. The average molecular weight is 307 g/mol. The molecule has 1 saturated heterocycles. The van der Waals surface area contributed by atoms with Crippen molar-refractivity contribution in [2.75, 3.05) is 13.3 Å². The molecule has 4 heteroatoms. The largest absolute Gasteiger partial charge is 0.376 e. The molecule has 21 heavy (non-hydrogen) atoms. The predicted octanol–water partition coefficient (Wildman–Crippen LogP) is 3.57. The number of ether oxygens (including phenoxy) is 1. The molecule has 1 amide bonds. The second kappa shape index (κ2) is 7.32. The normalized spacial score (nSPS) is 25.6. The highest BCUT2D eigenvalue weighted by molar-refractivity contribution is 7.98. The lowest BCUT2D eigenvalue weighted by molar-refractivity contribution is -0.142. The Bertz CT molecular complexity index is 464. The minimum atomic E-state index is 0.0965. The van der Waals surface area contributed by atoms with Crippen molar-refractivity contribution in [2.45, 2.75) is 50.3 Å². The van der Waals surface area contributed by atoms with E-state index in [0.717, 1.165) is 12.8 Å². The molecule has 1 fully saturated rings. The summed E-state index contributed by atoms with van der Waals surface area (Å²) in [5.74, 6) is 0.338. The van der Waals surface area contributed by atoms with E-state index in [1.807, 2.05) is 11.9 Å². The zero-order valence-corrected chi connectivity index (χ0v) is 14.2. The molecule has 1 aliphatic heterocycles. The Balaban J connectivity index is 1.95. The van der Waals surface area contributed by atoms with Crippen LogP contribution in [0.1, 0.15) is 32.3 Å². The Morgan fingerprint density at radius 3 is 2.33 bits per heavy atom. The number of hydrogen-bond donors (Lipinski definition) is 0. The lowest BCUT2D eigenvalue weighted by atomic mass is 9.91. The van der Waals surface area contributed by atoms with Gasteiger partial charge in [-0.25, -0.2) is 0 Å². The van der Waals surface area contributed by atoms with Crippen molar-refractivity contribution in [3.05, 3.63) is 29.8 Å². The smallest absolute Gasteiger partial charge is 0.225 e. The molecule has 0 aromatic heterocycles. The van der Waals surface area contributed by atoms with E-state index in [1.165, 1.54) is 10.5 Å². The Morgan fingerprint density at radius 1 is 1.24 bits per heavy atom. The molecule has 2 atom stereocenters. The number of rotatable bonds is 4. The van der Waals surface area contributed by atoms with E-state index in [9.17, 15) is 4.79 Å². The summed E-state index contributed by atoms with van der Waals surface area (Å²) < 4.78 is 5.72. The van der Waals surface area contributed by atoms with Crippen LogP contribution in [0.25, 0.3) is 0 Å². The fourth-order valence-corrected chi connectivity index (χ4v) is 3.41. The first kappa shape index (κ1) is 16.4. The van der Waals surface area contributed by atoms with Gasteiger partial charge in [0.1, 0.15) is 0 Å². The topological polar surface area (TPSA) is 29.5 Å². The Kier molecular flexibility index (Phi) is 5.71. The van der Waals surface area contributed by atoms with Crippen LogP contribution in [-0.2, 0) is 16.1 Å². The fourth-order valence-electron chi connectivity index (χ4n) is 3.00. The molecule has 116 valence electrons. The highest BCUT2D eigenvalue weighted by Gasteiger charge is 2.31. The molecule has 2 rings (SSSR count). The van der Waals surface area contributed by atoms with E-state index in [0.29, 0.717) is 6.54 Å². The molecule has 0 radical (unpaired) electrons. The third kappa shape index (κ3) is 4.48. The van der Waals surface area contributed by atoms with E-state index < -0.39 is 0 Å². The Labute approximate surface area is 132 Å². The first-order chi connectivity index (χ1) is 9.99. The summed E-state index contributed by atoms with van der Waals surface area (Å²) in [5.41, 5.74) is 1.18. The maximum Gasteiger partial charge on any atom is 0.225 e. The van der Waals surface area contributed by atoms with Crippen molar-refractivity contribution < 1.29 is 9.53 Å². The first-order valence-corrected chi connectivity index (χ1v) is 8.75. The highest BCUT2D eigenvalue weighted by Crippen LogP contribution is 2.26. The third-order valence-electron chi connectivity index (χ3n) is 4.00. The molecule has 3 nitrogen and oxygen atoms in total. The molecule has 1 aromatic carbocycles. The van der Waals surface area contributed by atoms with Crippen LogP contribution >= 0.6 is 11.8 Å². The lowest BCUT2D eigenvalue weighted by Gasteiger charge is -2.33. The quantitative estimate of drug-likeness (QED) is 0.796. The zero-order valence-electron chi connectivity index (χ0n) is 13.3. The monoisotopic (exact) mass is 307 g/mol. The Morgan fingerprint density at radius 2 is 1.81 bits per heavy atom. The summed E-state index contributed by atoms with van der Waals surface area (Å²) in [7, 11) is 1.90. The van der Waals surface area contributed by atoms with Crippen LogP contribution < -0.4 is 0 Å². The second-order valence-corrected chi connectivity index (χ2v) is 6.85. The fraction of sp³-hybridized carbons (Fsp3) is 0.588. The molecule has 0 saturated carbocycles. The van der Waals surface area contributed by atoms with Crippen LogP contribution in [-0.4, -0.2) is 36.3 Å². The van der Waals surface area contributed by atoms with Crippen molar-refractivity contribution in [2.24, 2.45) is 5.92 Å². The van der Waals surface area contributed by atoms with Gasteiger partial charge in [-0.3, -0.25) is 4.79 Å². The standard InChI is InChI=1S/C17H25NO2S/c1-12-9-15(10-13(2)20-12)17(19)18(3)11-14-5-7-16(21-4)8-6-14/h5-8,12-13,15H,9-11H2,1-4H3. The van der Waals surface area contributed by atoms with Crippen molar-refractivity contribution in [3.63, 3.8) is 0 Å². The third-order valence-corrected chi connectivity index (χ3v) is 4.75. The molecule has 2 unspecified atom stereocenters. The van der Waals surface area contributed by atoms with E-state index in [-0.39, 0.29) is 24.0 Å². The van der Waals surface area contributed by atoms with Gasteiger partial charge in [0.2, 0.25) is 5.91 Å². The van der Waals surface area contributed by atoms with Crippen molar-refractivity contribution in [1.29, 1.82) is 0 Å². The van der Waals surface area contributed by atoms with E-state index in [1.54, 1.807) is 11.8 Å². The van der Waals surface area contributed by atoms with Gasteiger partial charge in [-0.05, 0) is 50.6 Å². The maximum atomic E-state index is 12.6. The van der Waals surface area contributed by atoms with Crippen molar-refractivity contribution >= 4 is 17.7 Å². The van der Waals surface area contributed by atoms with Crippen LogP contribution in [0.5, 0.6) is 0 Å². The molecule has 0 spiro atoms. The minimum Gasteiger partial charge on any atom is -0.376 e. The van der Waals surface area contributed by atoms with E-state index in [4.69, 9.17) is 4.74 Å². The average Bonchev–Trinajstić information content (AvgIpc) is 2.46. The van der Waals surface area contributed by atoms with E-state index in [2.05, 4.69) is 44.4 Å². The molecule has 0 aliphatic carbocycles. The van der Waals surface area contributed by atoms with Crippen LogP contribution in [0, 0.1) is 5.92 Å². The molecular weight excluding hydrogens is 282 g/mol. The lowest BCUT2D eigenvalue weighted by Crippen LogP contribution is -2.39. The molecule has 1 aliphatic rings. The van der Waals surface area contributed by atoms with Gasteiger partial charge >= 0.3 is 0 Å². The first-order valence-electron chi connectivity index (χ1n) is 7.53. The second-order valence-electron chi connectivity index (χ2n) is 5.97. The van der Waals surface area contributed by atoms with Gasteiger partial charge in [0.25, 0.3) is 0 Å². The van der Waals surface area contributed by atoms with Crippen molar-refractivity contribution in [3.8, 4) is 0 Å². The number of hydrogen-bond acceptors (Lipinski definition) is 3. The summed E-state index contributed by atoms with van der Waals surface area (Å²) in [6.07, 6.45) is 4.09. The van der Waals surface area contributed by atoms with Gasteiger partial charge in [-0.1, -0.05) is 12.1 Å². The van der Waals surface area contributed by atoms with Gasteiger partial charge in [-0.2, -0.15) is 0 Å². The van der Waals surface area contributed by atoms with Crippen LogP contribution in [0.2, 0.25) is 0 Å². The number of amides is 1. The van der Waals surface area contributed by atoms with E-state index >= 15 is 0 Å². The summed E-state index contributed by atoms with van der Waals surface area (Å²) in [5, 5.41) is 0. The summed E-state index contributed by atoms with van der Waals surface area (Å²) in [6, 6.07) is 8.42. The van der Waals surface area contributed by atoms with Gasteiger partial charge in [0.15, 0.2) is 0 Å². The van der Waals surface area contributed by atoms with Crippen LogP contribution in [0.15, 0.2) is 29.2 Å². The maximum absolute atomic E-state index is 12.6. The van der Waals surface area contributed by atoms with Gasteiger partial charge < -0.3 is 9.64 Å². The Hall–Kier alpha value is -1.00. The molecule has 1 aromatic rings. The van der Waals surface area contributed by atoms with Gasteiger partial charge in [0, 0.05) is 24.4 Å². The molecule has 0 N–H and O–H groups in total. The van der Waals surface area contributed by atoms with Gasteiger partial charge in [0.05, 0.1) is 12.2 Å². The summed E-state index contributed by atoms with van der Waals surface area (Å²) in [4.78, 5) is 15.7. The zero-order chi connectivity index (χ0) is 15.4.